The van der Waals surface area contributed by atoms with Crippen LogP contribution < -0.4 is 0 Å². The molecule has 3 nitrogen and oxygen atoms in total. The summed E-state index contributed by atoms with van der Waals surface area (Å²) in [6, 6.07) is 15.8. The summed E-state index contributed by atoms with van der Waals surface area (Å²) in [7, 11) is 0. The smallest absolute Gasteiger partial charge is 0.0942 e. The van der Waals surface area contributed by atoms with E-state index in [2.05, 4.69) is 23.7 Å². The van der Waals surface area contributed by atoms with Crippen molar-refractivity contribution in [2.75, 3.05) is 6.54 Å². The van der Waals surface area contributed by atoms with E-state index in [-0.39, 0.29) is 6.04 Å². The maximum Gasteiger partial charge on any atom is 0.0942 e. The predicted molar refractivity (Wildman–Crippen MR) is 81.2 cm³/mol. The van der Waals surface area contributed by atoms with E-state index < -0.39 is 6.10 Å². The first kappa shape index (κ1) is 14.7. The Morgan fingerprint density at radius 3 is 2.40 bits per heavy atom. The van der Waals surface area contributed by atoms with Crippen molar-refractivity contribution in [2.45, 2.75) is 32.5 Å². The lowest BCUT2D eigenvalue weighted by Crippen LogP contribution is -2.37. The van der Waals surface area contributed by atoms with Crippen molar-refractivity contribution in [1.29, 1.82) is 0 Å². The summed E-state index contributed by atoms with van der Waals surface area (Å²) in [5.74, 6) is 0. The number of hydrogen-bond acceptors (Lipinski definition) is 3. The Morgan fingerprint density at radius 1 is 1.10 bits per heavy atom. The number of benzene rings is 1. The minimum absolute atomic E-state index is 0.0457. The van der Waals surface area contributed by atoms with Gasteiger partial charge in [0.05, 0.1) is 11.8 Å². The number of pyridine rings is 1. The minimum Gasteiger partial charge on any atom is -0.387 e. The zero-order valence-corrected chi connectivity index (χ0v) is 12.1. The van der Waals surface area contributed by atoms with Gasteiger partial charge in [-0.3, -0.25) is 9.88 Å². The van der Waals surface area contributed by atoms with Gasteiger partial charge in [-0.2, -0.15) is 0 Å². The molecule has 2 aromatic rings. The lowest BCUT2D eigenvalue weighted by Gasteiger charge is -2.31. The van der Waals surface area contributed by atoms with Crippen molar-refractivity contribution < 1.29 is 5.11 Å². The summed E-state index contributed by atoms with van der Waals surface area (Å²) in [5, 5.41) is 10.5. The number of rotatable bonds is 6. The van der Waals surface area contributed by atoms with Gasteiger partial charge in [-0.05, 0) is 31.2 Å². The fraction of sp³-hybridized carbons (Fsp3) is 0.353. The third kappa shape index (κ3) is 3.65. The van der Waals surface area contributed by atoms with Crippen LogP contribution in [0.25, 0.3) is 0 Å². The maximum absolute atomic E-state index is 10.5. The molecule has 1 N–H and O–H groups in total. The van der Waals surface area contributed by atoms with Crippen LogP contribution in [0.4, 0.5) is 0 Å². The van der Waals surface area contributed by atoms with E-state index in [1.807, 2.05) is 54.7 Å². The summed E-state index contributed by atoms with van der Waals surface area (Å²) in [5.41, 5.74) is 1.99. The summed E-state index contributed by atoms with van der Waals surface area (Å²) in [6.07, 6.45) is 1.32. The predicted octanol–water partition coefficient (Wildman–Crippen LogP) is 3.03. The van der Waals surface area contributed by atoms with Crippen LogP contribution >= 0.6 is 0 Å². The Balaban J connectivity index is 2.07. The zero-order chi connectivity index (χ0) is 14.4. The van der Waals surface area contributed by atoms with Gasteiger partial charge in [0.2, 0.25) is 0 Å². The molecule has 0 saturated heterocycles. The quantitative estimate of drug-likeness (QED) is 0.876. The van der Waals surface area contributed by atoms with Crippen LogP contribution in [0.5, 0.6) is 0 Å². The van der Waals surface area contributed by atoms with Gasteiger partial charge in [-0.1, -0.05) is 43.3 Å². The van der Waals surface area contributed by atoms with E-state index in [1.54, 1.807) is 0 Å². The van der Waals surface area contributed by atoms with E-state index in [0.717, 1.165) is 24.3 Å². The first-order chi connectivity index (χ1) is 9.72. The van der Waals surface area contributed by atoms with Crippen LogP contribution in [-0.4, -0.2) is 27.6 Å². The summed E-state index contributed by atoms with van der Waals surface area (Å²) in [4.78, 5) is 6.59. The molecular weight excluding hydrogens is 248 g/mol. The van der Waals surface area contributed by atoms with Crippen molar-refractivity contribution in [3.8, 4) is 0 Å². The van der Waals surface area contributed by atoms with Gasteiger partial charge in [-0.25, -0.2) is 0 Å². The molecule has 2 unspecified atom stereocenters. The highest BCUT2D eigenvalue weighted by atomic mass is 16.3. The molecule has 0 bridgehead atoms. The summed E-state index contributed by atoms with van der Waals surface area (Å²) >= 11 is 0. The monoisotopic (exact) mass is 270 g/mol. The normalized spacial score (nSPS) is 14.2. The highest BCUT2D eigenvalue weighted by Crippen LogP contribution is 2.21. The molecule has 3 heteroatoms. The van der Waals surface area contributed by atoms with Crippen molar-refractivity contribution >= 4 is 0 Å². The standard InChI is InChI=1S/C17H22N2O/c1-3-19(13-16-11-7-8-12-18-16)14(2)17(20)15-9-5-4-6-10-15/h4-12,14,17,20H,3,13H2,1-2H3. The molecule has 20 heavy (non-hydrogen) atoms. The topological polar surface area (TPSA) is 36.4 Å². The average Bonchev–Trinajstić information content (AvgIpc) is 2.53. The van der Waals surface area contributed by atoms with Gasteiger partial charge in [0.1, 0.15) is 0 Å². The molecule has 106 valence electrons. The van der Waals surface area contributed by atoms with E-state index >= 15 is 0 Å². The highest BCUT2D eigenvalue weighted by molar-refractivity contribution is 5.18. The molecule has 2 atom stereocenters. The molecule has 0 aliphatic heterocycles. The number of likely N-dealkylation sites (N-methyl/N-ethyl adjacent to an activating group) is 1. The lowest BCUT2D eigenvalue weighted by molar-refractivity contribution is 0.0557. The average molecular weight is 270 g/mol. The molecule has 1 heterocycles. The third-order valence-corrected chi connectivity index (χ3v) is 3.67. The lowest BCUT2D eigenvalue weighted by atomic mass is 10.0. The van der Waals surface area contributed by atoms with Crippen LogP contribution in [0.2, 0.25) is 0 Å². The molecule has 0 fully saturated rings. The molecule has 0 radical (unpaired) electrons. The number of aromatic nitrogens is 1. The van der Waals surface area contributed by atoms with Gasteiger partial charge in [0.25, 0.3) is 0 Å². The minimum atomic E-state index is -0.486. The second-order valence-electron chi connectivity index (χ2n) is 4.98. The van der Waals surface area contributed by atoms with Gasteiger partial charge < -0.3 is 5.11 Å². The maximum atomic E-state index is 10.5. The summed E-state index contributed by atoms with van der Waals surface area (Å²) < 4.78 is 0. The number of aliphatic hydroxyl groups is 1. The third-order valence-electron chi connectivity index (χ3n) is 3.67. The second kappa shape index (κ2) is 7.17. The zero-order valence-electron chi connectivity index (χ0n) is 12.1. The van der Waals surface area contributed by atoms with Crippen molar-refractivity contribution in [2.24, 2.45) is 0 Å². The second-order valence-corrected chi connectivity index (χ2v) is 4.98. The Bertz CT molecular complexity index is 501. The van der Waals surface area contributed by atoms with Crippen molar-refractivity contribution in [3.63, 3.8) is 0 Å². The van der Waals surface area contributed by atoms with Crippen molar-refractivity contribution in [1.82, 2.24) is 9.88 Å². The molecular formula is C17H22N2O. The van der Waals surface area contributed by atoms with E-state index in [1.165, 1.54) is 0 Å². The summed E-state index contributed by atoms with van der Waals surface area (Å²) in [6.45, 7) is 5.80. The Morgan fingerprint density at radius 2 is 1.80 bits per heavy atom. The first-order valence-corrected chi connectivity index (χ1v) is 7.09. The molecule has 0 aliphatic rings. The number of aliphatic hydroxyl groups excluding tert-OH is 1. The number of nitrogens with zero attached hydrogens (tertiary/aromatic N) is 2. The van der Waals surface area contributed by atoms with Crippen LogP contribution in [-0.2, 0) is 6.54 Å². The van der Waals surface area contributed by atoms with Gasteiger partial charge in [-0.15, -0.1) is 0 Å². The van der Waals surface area contributed by atoms with Crippen LogP contribution in [0, 0.1) is 0 Å². The van der Waals surface area contributed by atoms with Gasteiger partial charge in [0.15, 0.2) is 0 Å². The molecule has 1 aromatic heterocycles. The molecule has 0 amide bonds. The van der Waals surface area contributed by atoms with E-state index in [0.29, 0.717) is 0 Å². The fourth-order valence-electron chi connectivity index (χ4n) is 2.37. The molecule has 1 aromatic carbocycles. The Labute approximate surface area is 120 Å². The van der Waals surface area contributed by atoms with E-state index in [4.69, 9.17) is 0 Å². The van der Waals surface area contributed by atoms with Crippen LogP contribution in [0.1, 0.15) is 31.2 Å². The first-order valence-electron chi connectivity index (χ1n) is 7.09. The molecule has 0 saturated carbocycles. The Kier molecular flexibility index (Phi) is 5.27. The van der Waals surface area contributed by atoms with Crippen LogP contribution in [0.15, 0.2) is 54.7 Å². The van der Waals surface area contributed by atoms with E-state index in [9.17, 15) is 5.11 Å². The molecule has 0 aliphatic carbocycles. The molecule has 2 rings (SSSR count). The SMILES string of the molecule is CCN(Cc1ccccn1)C(C)C(O)c1ccccc1. The van der Waals surface area contributed by atoms with Crippen molar-refractivity contribution in [3.05, 3.63) is 66.0 Å². The fourth-order valence-corrected chi connectivity index (χ4v) is 2.37. The number of hydrogen-bond donors (Lipinski definition) is 1. The van der Waals surface area contributed by atoms with Gasteiger partial charge in [0, 0.05) is 18.8 Å². The molecule has 0 spiro atoms. The van der Waals surface area contributed by atoms with Gasteiger partial charge >= 0.3 is 0 Å². The van der Waals surface area contributed by atoms with Crippen LogP contribution in [0.3, 0.4) is 0 Å². The Hall–Kier alpha value is -1.71. The largest absolute Gasteiger partial charge is 0.387 e. The highest BCUT2D eigenvalue weighted by Gasteiger charge is 2.22.